The topological polar surface area (TPSA) is 65.5 Å². The Morgan fingerprint density at radius 1 is 1.15 bits per heavy atom. The minimum absolute atomic E-state index is 0.0872. The summed E-state index contributed by atoms with van der Waals surface area (Å²) in [5.41, 5.74) is 4.78. The molecule has 1 amide bonds. The molecule has 0 saturated heterocycles. The molecular weight excluding hydrogens is 326 g/mol. The number of aliphatic hydroxyl groups is 1. The number of rotatable bonds is 6. The van der Waals surface area contributed by atoms with Gasteiger partial charge in [-0.1, -0.05) is 30.3 Å². The van der Waals surface area contributed by atoms with Crippen LogP contribution < -0.4 is 5.32 Å². The Labute approximate surface area is 153 Å². The third-order valence-electron chi connectivity index (χ3n) is 4.22. The van der Waals surface area contributed by atoms with Crippen LogP contribution in [0.25, 0.3) is 22.2 Å². The molecule has 0 saturated carbocycles. The number of nitrogens with zero attached hydrogens (tertiary/aromatic N) is 2. The van der Waals surface area contributed by atoms with Crippen molar-refractivity contribution in [2.45, 2.75) is 13.5 Å². The van der Waals surface area contributed by atoms with Gasteiger partial charge in [0.25, 0.3) is 0 Å². The van der Waals surface area contributed by atoms with Crippen molar-refractivity contribution < 1.29 is 9.90 Å². The van der Waals surface area contributed by atoms with Crippen molar-refractivity contribution in [2.24, 2.45) is 0 Å². The zero-order valence-electron chi connectivity index (χ0n) is 15.1. The summed E-state index contributed by atoms with van der Waals surface area (Å²) in [7, 11) is 1.99. The van der Waals surface area contributed by atoms with E-state index in [0.29, 0.717) is 6.54 Å². The predicted molar refractivity (Wildman–Crippen MR) is 105 cm³/mol. The fourth-order valence-electron chi connectivity index (χ4n) is 2.99. The standard InChI is InChI=1S/C21H23N3O2/c1-15(26)22-18-9-7-16(8-10-18)21-13-17(14-24(2)11-12-25)19-5-3-4-6-20(19)23-21/h3-10,13,25H,11-12,14H2,1-2H3,(H,22,26). The largest absolute Gasteiger partial charge is 0.395 e. The summed E-state index contributed by atoms with van der Waals surface area (Å²) in [4.78, 5) is 18.1. The summed E-state index contributed by atoms with van der Waals surface area (Å²) in [6.45, 7) is 2.99. The molecule has 0 aliphatic heterocycles. The molecule has 5 nitrogen and oxygen atoms in total. The lowest BCUT2D eigenvalue weighted by molar-refractivity contribution is -0.114. The molecule has 2 aromatic carbocycles. The lowest BCUT2D eigenvalue weighted by atomic mass is 10.0. The monoisotopic (exact) mass is 349 g/mol. The highest BCUT2D eigenvalue weighted by atomic mass is 16.3. The normalized spacial score (nSPS) is 11.1. The number of aromatic nitrogens is 1. The zero-order valence-corrected chi connectivity index (χ0v) is 15.1. The zero-order chi connectivity index (χ0) is 18.5. The van der Waals surface area contributed by atoms with Gasteiger partial charge in [0.2, 0.25) is 5.91 Å². The Hall–Kier alpha value is -2.76. The fourth-order valence-corrected chi connectivity index (χ4v) is 2.99. The van der Waals surface area contributed by atoms with Crippen molar-refractivity contribution in [2.75, 3.05) is 25.5 Å². The van der Waals surface area contributed by atoms with Crippen LogP contribution in [-0.2, 0) is 11.3 Å². The number of nitrogens with one attached hydrogen (secondary N) is 1. The van der Waals surface area contributed by atoms with Crippen molar-refractivity contribution in [3.05, 3.63) is 60.2 Å². The first-order valence-electron chi connectivity index (χ1n) is 8.63. The number of amides is 1. The van der Waals surface area contributed by atoms with Crippen LogP contribution in [0.2, 0.25) is 0 Å². The van der Waals surface area contributed by atoms with E-state index in [0.717, 1.165) is 34.4 Å². The van der Waals surface area contributed by atoms with Gasteiger partial charge in [0.15, 0.2) is 0 Å². The molecule has 0 atom stereocenters. The highest BCUT2D eigenvalue weighted by Gasteiger charge is 2.10. The number of para-hydroxylation sites is 1. The third-order valence-corrected chi connectivity index (χ3v) is 4.22. The molecule has 0 bridgehead atoms. The van der Waals surface area contributed by atoms with Crippen molar-refractivity contribution in [1.82, 2.24) is 9.88 Å². The molecular formula is C21H23N3O2. The summed E-state index contributed by atoms with van der Waals surface area (Å²) in [5, 5.41) is 13.1. The number of anilines is 1. The molecule has 0 spiro atoms. The first-order valence-corrected chi connectivity index (χ1v) is 8.63. The minimum atomic E-state index is -0.0872. The Morgan fingerprint density at radius 2 is 1.88 bits per heavy atom. The van der Waals surface area contributed by atoms with Gasteiger partial charge in [-0.05, 0) is 36.9 Å². The first-order chi connectivity index (χ1) is 12.6. The SMILES string of the molecule is CC(=O)Nc1ccc(-c2cc(CN(C)CCO)c3ccccc3n2)cc1. The number of fused-ring (bicyclic) bond motifs is 1. The van der Waals surface area contributed by atoms with Crippen LogP contribution in [0, 0.1) is 0 Å². The molecule has 0 fully saturated rings. The maximum atomic E-state index is 11.2. The number of pyridine rings is 1. The molecule has 134 valence electrons. The predicted octanol–water partition coefficient (Wildman–Crippen LogP) is 3.28. The molecule has 3 rings (SSSR count). The molecule has 0 aliphatic rings. The van der Waals surface area contributed by atoms with Gasteiger partial charge in [-0.3, -0.25) is 9.69 Å². The molecule has 0 unspecified atom stereocenters. The number of benzene rings is 2. The number of carbonyl (C=O) groups excluding carboxylic acids is 1. The Kier molecular flexibility index (Phi) is 5.61. The lowest BCUT2D eigenvalue weighted by Crippen LogP contribution is -2.21. The summed E-state index contributed by atoms with van der Waals surface area (Å²) in [5.74, 6) is -0.0872. The van der Waals surface area contributed by atoms with Gasteiger partial charge in [0.05, 0.1) is 17.8 Å². The maximum Gasteiger partial charge on any atom is 0.221 e. The van der Waals surface area contributed by atoms with E-state index < -0.39 is 0 Å². The highest BCUT2D eigenvalue weighted by molar-refractivity contribution is 5.89. The molecule has 3 aromatic rings. The molecule has 1 heterocycles. The average molecular weight is 349 g/mol. The van der Waals surface area contributed by atoms with Crippen molar-refractivity contribution in [3.63, 3.8) is 0 Å². The van der Waals surface area contributed by atoms with E-state index in [2.05, 4.69) is 22.3 Å². The molecule has 5 heteroatoms. The summed E-state index contributed by atoms with van der Waals surface area (Å²) >= 11 is 0. The third kappa shape index (κ3) is 4.25. The molecule has 1 aromatic heterocycles. The molecule has 2 N–H and O–H groups in total. The fraction of sp³-hybridized carbons (Fsp3) is 0.238. The van der Waals surface area contributed by atoms with E-state index >= 15 is 0 Å². The van der Waals surface area contributed by atoms with E-state index in [9.17, 15) is 4.79 Å². The van der Waals surface area contributed by atoms with E-state index in [-0.39, 0.29) is 12.5 Å². The van der Waals surface area contributed by atoms with Crippen LogP contribution in [0.5, 0.6) is 0 Å². The van der Waals surface area contributed by atoms with Gasteiger partial charge in [0, 0.05) is 36.7 Å². The van der Waals surface area contributed by atoms with Crippen molar-refractivity contribution in [1.29, 1.82) is 0 Å². The Balaban J connectivity index is 1.99. The highest BCUT2D eigenvalue weighted by Crippen LogP contribution is 2.26. The summed E-state index contributed by atoms with van der Waals surface area (Å²) in [6.07, 6.45) is 0. The van der Waals surface area contributed by atoms with Crippen LogP contribution in [-0.4, -0.2) is 41.1 Å². The van der Waals surface area contributed by atoms with Crippen LogP contribution in [0.3, 0.4) is 0 Å². The van der Waals surface area contributed by atoms with E-state index in [1.54, 1.807) is 0 Å². The summed E-state index contributed by atoms with van der Waals surface area (Å²) < 4.78 is 0. The number of hydrogen-bond acceptors (Lipinski definition) is 4. The van der Waals surface area contributed by atoms with Crippen LogP contribution in [0.4, 0.5) is 5.69 Å². The van der Waals surface area contributed by atoms with Gasteiger partial charge >= 0.3 is 0 Å². The first kappa shape index (κ1) is 18.0. The van der Waals surface area contributed by atoms with Crippen molar-refractivity contribution in [3.8, 4) is 11.3 Å². The smallest absolute Gasteiger partial charge is 0.221 e. The van der Waals surface area contributed by atoms with E-state index in [4.69, 9.17) is 10.1 Å². The van der Waals surface area contributed by atoms with Gasteiger partial charge < -0.3 is 10.4 Å². The van der Waals surface area contributed by atoms with Crippen LogP contribution in [0.15, 0.2) is 54.6 Å². The quantitative estimate of drug-likeness (QED) is 0.717. The molecule has 0 aliphatic carbocycles. The van der Waals surface area contributed by atoms with Gasteiger partial charge in [-0.25, -0.2) is 4.98 Å². The number of carbonyl (C=O) groups is 1. The minimum Gasteiger partial charge on any atom is -0.395 e. The second-order valence-corrected chi connectivity index (χ2v) is 6.40. The van der Waals surface area contributed by atoms with Crippen molar-refractivity contribution >= 4 is 22.5 Å². The van der Waals surface area contributed by atoms with E-state index in [1.165, 1.54) is 12.5 Å². The Bertz CT molecular complexity index is 907. The summed E-state index contributed by atoms with van der Waals surface area (Å²) in [6, 6.07) is 17.9. The maximum absolute atomic E-state index is 11.2. The average Bonchev–Trinajstić information content (AvgIpc) is 2.62. The lowest BCUT2D eigenvalue weighted by Gasteiger charge is -2.17. The second-order valence-electron chi connectivity index (χ2n) is 6.40. The van der Waals surface area contributed by atoms with Gasteiger partial charge in [-0.2, -0.15) is 0 Å². The van der Waals surface area contributed by atoms with E-state index in [1.807, 2.05) is 49.5 Å². The van der Waals surface area contributed by atoms with Crippen LogP contribution in [0.1, 0.15) is 12.5 Å². The molecule has 26 heavy (non-hydrogen) atoms. The van der Waals surface area contributed by atoms with Gasteiger partial charge in [0.1, 0.15) is 0 Å². The number of likely N-dealkylation sites (N-methyl/N-ethyl adjacent to an activating group) is 1. The number of hydrogen-bond donors (Lipinski definition) is 2. The van der Waals surface area contributed by atoms with Gasteiger partial charge in [-0.15, -0.1) is 0 Å². The van der Waals surface area contributed by atoms with Crippen LogP contribution >= 0.6 is 0 Å². The number of aliphatic hydroxyl groups excluding tert-OH is 1. The molecule has 0 radical (unpaired) electrons. The second kappa shape index (κ2) is 8.08. The Morgan fingerprint density at radius 3 is 2.58 bits per heavy atom.